The smallest absolute Gasteiger partial charge is 0.165 e. The van der Waals surface area contributed by atoms with Crippen LogP contribution >= 0.6 is 0 Å². The predicted octanol–water partition coefficient (Wildman–Crippen LogP) is 1.65. The van der Waals surface area contributed by atoms with E-state index in [-0.39, 0.29) is 0 Å². The fourth-order valence-corrected chi connectivity index (χ4v) is 1.83. The molecule has 1 aliphatic heterocycles. The first-order chi connectivity index (χ1) is 8.36. The van der Waals surface area contributed by atoms with Gasteiger partial charge in [-0.05, 0) is 12.1 Å². The van der Waals surface area contributed by atoms with Crippen molar-refractivity contribution in [3.63, 3.8) is 0 Å². The number of benzene rings is 1. The number of fused-ring (bicyclic) bond motifs is 1. The van der Waals surface area contributed by atoms with Gasteiger partial charge in [0.1, 0.15) is 0 Å². The SMILES string of the molecule is COCCCOc1c[c]c(C=O)c2c1OCC2. The summed E-state index contributed by atoms with van der Waals surface area (Å²) in [5, 5.41) is 0. The van der Waals surface area contributed by atoms with Crippen molar-refractivity contribution in [1.29, 1.82) is 0 Å². The van der Waals surface area contributed by atoms with Crippen LogP contribution in [-0.2, 0) is 11.2 Å². The van der Waals surface area contributed by atoms with E-state index in [0.717, 1.165) is 24.7 Å². The van der Waals surface area contributed by atoms with Gasteiger partial charge in [-0.3, -0.25) is 4.79 Å². The topological polar surface area (TPSA) is 44.8 Å². The number of carbonyl (C=O) groups is 1. The number of methoxy groups -OCH3 is 1. The first-order valence-electron chi connectivity index (χ1n) is 5.64. The van der Waals surface area contributed by atoms with Gasteiger partial charge in [-0.2, -0.15) is 0 Å². The standard InChI is InChI=1S/C13H15O4/c1-15-6-2-7-16-12-4-3-10(9-14)11-5-8-17-13(11)12/h4,9H,2,5-8H2,1H3. The monoisotopic (exact) mass is 235 g/mol. The average Bonchev–Trinajstić information content (AvgIpc) is 2.84. The van der Waals surface area contributed by atoms with Gasteiger partial charge in [-0.15, -0.1) is 0 Å². The lowest BCUT2D eigenvalue weighted by atomic mass is 10.1. The highest BCUT2D eigenvalue weighted by atomic mass is 16.5. The van der Waals surface area contributed by atoms with E-state index in [4.69, 9.17) is 14.2 Å². The first-order valence-corrected chi connectivity index (χ1v) is 5.64. The van der Waals surface area contributed by atoms with E-state index < -0.39 is 0 Å². The molecule has 0 bridgehead atoms. The van der Waals surface area contributed by atoms with Crippen molar-refractivity contribution in [3.8, 4) is 11.5 Å². The molecule has 0 spiro atoms. The van der Waals surface area contributed by atoms with Crippen LogP contribution in [0.2, 0.25) is 0 Å². The lowest BCUT2D eigenvalue weighted by Gasteiger charge is -2.10. The van der Waals surface area contributed by atoms with Gasteiger partial charge in [0.15, 0.2) is 17.8 Å². The van der Waals surface area contributed by atoms with E-state index in [1.807, 2.05) is 0 Å². The summed E-state index contributed by atoms with van der Waals surface area (Å²) in [5.74, 6) is 1.36. The third-order valence-corrected chi connectivity index (χ3v) is 2.65. The Morgan fingerprint density at radius 2 is 2.41 bits per heavy atom. The van der Waals surface area contributed by atoms with Crippen molar-refractivity contribution in [2.45, 2.75) is 12.8 Å². The molecular formula is C13H15O4. The van der Waals surface area contributed by atoms with Crippen LogP contribution in [0.4, 0.5) is 0 Å². The van der Waals surface area contributed by atoms with Gasteiger partial charge in [0.2, 0.25) is 0 Å². The van der Waals surface area contributed by atoms with Crippen LogP contribution in [0.15, 0.2) is 6.07 Å². The van der Waals surface area contributed by atoms with E-state index in [2.05, 4.69) is 6.07 Å². The molecule has 0 aliphatic carbocycles. The minimum Gasteiger partial charge on any atom is -0.490 e. The van der Waals surface area contributed by atoms with E-state index in [9.17, 15) is 4.79 Å². The van der Waals surface area contributed by atoms with E-state index in [1.54, 1.807) is 13.2 Å². The zero-order chi connectivity index (χ0) is 12.1. The maximum Gasteiger partial charge on any atom is 0.165 e. The van der Waals surface area contributed by atoms with Crippen LogP contribution in [0.3, 0.4) is 0 Å². The molecule has 0 saturated heterocycles. The Bertz CT molecular complexity index is 401. The Morgan fingerprint density at radius 1 is 1.53 bits per heavy atom. The van der Waals surface area contributed by atoms with Crippen LogP contribution in [-0.4, -0.2) is 33.2 Å². The van der Waals surface area contributed by atoms with Crippen LogP contribution in [0.5, 0.6) is 11.5 Å². The molecule has 0 fully saturated rings. The second-order valence-corrected chi connectivity index (χ2v) is 3.79. The number of rotatable bonds is 6. The molecule has 0 atom stereocenters. The van der Waals surface area contributed by atoms with Gasteiger partial charge in [-0.1, -0.05) is 0 Å². The molecule has 4 nitrogen and oxygen atoms in total. The van der Waals surface area contributed by atoms with Crippen molar-refractivity contribution >= 4 is 6.29 Å². The molecule has 0 saturated carbocycles. The summed E-state index contributed by atoms with van der Waals surface area (Å²) in [5.41, 5.74) is 1.48. The van der Waals surface area contributed by atoms with Crippen molar-refractivity contribution < 1.29 is 19.0 Å². The highest BCUT2D eigenvalue weighted by Crippen LogP contribution is 2.37. The molecule has 1 heterocycles. The lowest BCUT2D eigenvalue weighted by Crippen LogP contribution is -2.03. The highest BCUT2D eigenvalue weighted by Gasteiger charge is 2.21. The molecule has 0 unspecified atom stereocenters. The third-order valence-electron chi connectivity index (χ3n) is 2.65. The summed E-state index contributed by atoms with van der Waals surface area (Å²) < 4.78 is 16.0. The molecule has 1 radical (unpaired) electrons. The quantitative estimate of drug-likeness (QED) is 0.555. The van der Waals surface area contributed by atoms with E-state index in [1.165, 1.54) is 0 Å². The van der Waals surface area contributed by atoms with Crippen molar-refractivity contribution in [2.24, 2.45) is 0 Å². The summed E-state index contributed by atoms with van der Waals surface area (Å²) >= 11 is 0. The summed E-state index contributed by atoms with van der Waals surface area (Å²) in [6, 6.07) is 4.59. The zero-order valence-electron chi connectivity index (χ0n) is 9.82. The van der Waals surface area contributed by atoms with Crippen molar-refractivity contribution in [3.05, 3.63) is 23.3 Å². The Hall–Kier alpha value is -1.55. The summed E-state index contributed by atoms with van der Waals surface area (Å²) in [6.07, 6.45) is 2.37. The number of carbonyl (C=O) groups excluding carboxylic acids is 1. The maximum absolute atomic E-state index is 10.8. The van der Waals surface area contributed by atoms with Crippen molar-refractivity contribution in [2.75, 3.05) is 26.9 Å². The summed E-state index contributed by atoms with van der Waals surface area (Å²) in [4.78, 5) is 10.8. The van der Waals surface area contributed by atoms with Crippen LogP contribution in [0.1, 0.15) is 22.3 Å². The Morgan fingerprint density at radius 3 is 3.18 bits per heavy atom. The molecule has 0 aromatic heterocycles. The second-order valence-electron chi connectivity index (χ2n) is 3.79. The normalized spacial score (nSPS) is 13.0. The number of hydrogen-bond acceptors (Lipinski definition) is 4. The van der Waals surface area contributed by atoms with E-state index in [0.29, 0.717) is 36.9 Å². The van der Waals surface area contributed by atoms with Crippen LogP contribution in [0, 0.1) is 6.07 Å². The minimum atomic E-state index is 0.567. The molecule has 1 aliphatic rings. The predicted molar refractivity (Wildman–Crippen MR) is 61.9 cm³/mol. The number of aldehydes is 1. The first kappa shape index (κ1) is 11.9. The van der Waals surface area contributed by atoms with Gasteiger partial charge in [0, 0.05) is 37.7 Å². The second kappa shape index (κ2) is 5.68. The zero-order valence-corrected chi connectivity index (χ0v) is 9.82. The Kier molecular flexibility index (Phi) is 3.98. The fourth-order valence-electron chi connectivity index (χ4n) is 1.83. The van der Waals surface area contributed by atoms with Gasteiger partial charge >= 0.3 is 0 Å². The highest BCUT2D eigenvalue weighted by molar-refractivity contribution is 5.79. The van der Waals surface area contributed by atoms with Gasteiger partial charge < -0.3 is 14.2 Å². The van der Waals surface area contributed by atoms with Gasteiger partial charge in [0.25, 0.3) is 0 Å². The van der Waals surface area contributed by atoms with Crippen LogP contribution < -0.4 is 9.47 Å². The minimum absolute atomic E-state index is 0.567. The molecule has 2 rings (SSSR count). The average molecular weight is 235 g/mol. The summed E-state index contributed by atoms with van der Waals surface area (Å²) in [7, 11) is 1.66. The third kappa shape index (κ3) is 2.58. The number of hydrogen-bond donors (Lipinski definition) is 0. The van der Waals surface area contributed by atoms with Gasteiger partial charge in [0.05, 0.1) is 13.2 Å². The van der Waals surface area contributed by atoms with Crippen molar-refractivity contribution in [1.82, 2.24) is 0 Å². The maximum atomic E-state index is 10.8. The Balaban J connectivity index is 2.08. The fraction of sp³-hybridized carbons (Fsp3) is 0.462. The van der Waals surface area contributed by atoms with E-state index >= 15 is 0 Å². The largest absolute Gasteiger partial charge is 0.490 e. The molecule has 91 valence electrons. The number of ether oxygens (including phenoxy) is 3. The Labute approximate surface area is 100 Å². The molecule has 1 aromatic rings. The molecule has 1 aromatic carbocycles. The van der Waals surface area contributed by atoms with Crippen LogP contribution in [0.25, 0.3) is 0 Å². The molecule has 0 amide bonds. The van der Waals surface area contributed by atoms with Gasteiger partial charge in [-0.25, -0.2) is 0 Å². The molecule has 0 N–H and O–H groups in total. The molecular weight excluding hydrogens is 220 g/mol. The molecule has 4 heteroatoms. The lowest BCUT2D eigenvalue weighted by molar-refractivity contribution is 0.112. The molecule has 17 heavy (non-hydrogen) atoms. The summed E-state index contributed by atoms with van der Waals surface area (Å²) in [6.45, 7) is 1.83.